The van der Waals surface area contributed by atoms with Gasteiger partial charge < -0.3 is 10.4 Å². The molecule has 28 heavy (non-hydrogen) atoms. The zero-order chi connectivity index (χ0) is 20.6. The van der Waals surface area contributed by atoms with Crippen molar-refractivity contribution in [1.82, 2.24) is 10.3 Å². The summed E-state index contributed by atoms with van der Waals surface area (Å²) < 4.78 is 40.6. The van der Waals surface area contributed by atoms with Gasteiger partial charge in [-0.2, -0.15) is 13.2 Å². The molecule has 1 heterocycles. The molecule has 0 aliphatic heterocycles. The molecule has 6 heteroatoms. The molecule has 1 aromatic heterocycles. The minimum atomic E-state index is -4.63. The van der Waals surface area contributed by atoms with E-state index in [4.69, 9.17) is 0 Å². The van der Waals surface area contributed by atoms with E-state index in [-0.39, 0.29) is 17.8 Å². The van der Waals surface area contributed by atoms with Crippen molar-refractivity contribution in [3.05, 3.63) is 53.2 Å². The van der Waals surface area contributed by atoms with Crippen LogP contribution in [0.5, 0.6) is 0 Å². The van der Waals surface area contributed by atoms with Gasteiger partial charge in [0.15, 0.2) is 5.69 Å². The average molecular weight is 394 g/mol. The van der Waals surface area contributed by atoms with Gasteiger partial charge in [-0.15, -0.1) is 0 Å². The predicted molar refractivity (Wildman–Crippen MR) is 106 cm³/mol. The Bertz CT molecular complexity index is 730. The van der Waals surface area contributed by atoms with Gasteiger partial charge in [-0.25, -0.2) is 4.98 Å². The van der Waals surface area contributed by atoms with E-state index in [0.717, 1.165) is 31.2 Å². The highest BCUT2D eigenvalue weighted by molar-refractivity contribution is 5.60. The second kappa shape index (κ2) is 10.6. The van der Waals surface area contributed by atoms with E-state index in [9.17, 15) is 18.3 Å². The smallest absolute Gasteiger partial charge is 0.387 e. The van der Waals surface area contributed by atoms with Gasteiger partial charge in [-0.05, 0) is 26.0 Å². The number of benzene rings is 1. The number of rotatable bonds is 10. The molecule has 0 bridgehead atoms. The van der Waals surface area contributed by atoms with Crippen LogP contribution in [-0.4, -0.2) is 23.2 Å². The summed E-state index contributed by atoms with van der Waals surface area (Å²) in [5.41, 5.74) is 0.659. The van der Waals surface area contributed by atoms with Crippen LogP contribution in [0.2, 0.25) is 0 Å². The number of halogens is 3. The van der Waals surface area contributed by atoms with Crippen LogP contribution in [0.4, 0.5) is 13.2 Å². The lowest BCUT2D eigenvalue weighted by molar-refractivity contribution is -0.142. The first-order valence-corrected chi connectivity index (χ1v) is 9.87. The second-order valence-electron chi connectivity index (χ2n) is 7.13. The summed E-state index contributed by atoms with van der Waals surface area (Å²) in [6.45, 7) is 4.80. The average Bonchev–Trinajstić information content (AvgIpc) is 2.66. The van der Waals surface area contributed by atoms with Crippen molar-refractivity contribution in [2.24, 2.45) is 0 Å². The van der Waals surface area contributed by atoms with Crippen LogP contribution in [0.3, 0.4) is 0 Å². The number of pyridine rings is 1. The molecule has 0 spiro atoms. The summed E-state index contributed by atoms with van der Waals surface area (Å²) in [7, 11) is 0. The maximum atomic E-state index is 13.5. The third kappa shape index (κ3) is 6.60. The largest absolute Gasteiger partial charge is 0.433 e. The lowest BCUT2D eigenvalue weighted by Crippen LogP contribution is -2.25. The van der Waals surface area contributed by atoms with Crippen molar-refractivity contribution in [2.45, 2.75) is 58.2 Å². The number of nitrogens with zero attached hydrogens (tertiary/aromatic N) is 1. The third-order valence-corrected chi connectivity index (χ3v) is 4.70. The maximum Gasteiger partial charge on any atom is 0.433 e. The molecule has 0 radical (unpaired) electrons. The SMILES string of the molecule is CCCCCCCNC[C@@H](O)c1ccc(-c2ccc(C)cc2)nc1C(F)(F)F. The van der Waals surface area contributed by atoms with Crippen LogP contribution < -0.4 is 5.32 Å². The first kappa shape index (κ1) is 22.4. The highest BCUT2D eigenvalue weighted by atomic mass is 19.4. The van der Waals surface area contributed by atoms with E-state index in [1.54, 1.807) is 12.1 Å². The van der Waals surface area contributed by atoms with Gasteiger partial charge >= 0.3 is 6.18 Å². The minimum absolute atomic E-state index is 0.0718. The second-order valence-corrected chi connectivity index (χ2v) is 7.13. The molecule has 2 N–H and O–H groups in total. The highest BCUT2D eigenvalue weighted by Gasteiger charge is 2.37. The maximum absolute atomic E-state index is 13.5. The van der Waals surface area contributed by atoms with E-state index in [0.29, 0.717) is 12.1 Å². The van der Waals surface area contributed by atoms with Gasteiger partial charge in [0.2, 0.25) is 0 Å². The van der Waals surface area contributed by atoms with Crippen molar-refractivity contribution < 1.29 is 18.3 Å². The van der Waals surface area contributed by atoms with Gasteiger partial charge in [-0.1, -0.05) is 68.5 Å². The molecule has 0 amide bonds. The number of aliphatic hydroxyl groups excluding tert-OH is 1. The molecule has 3 nitrogen and oxygen atoms in total. The van der Waals surface area contributed by atoms with E-state index < -0.39 is 18.0 Å². The van der Waals surface area contributed by atoms with Crippen molar-refractivity contribution in [3.8, 4) is 11.3 Å². The molecule has 0 aliphatic carbocycles. The Balaban J connectivity index is 2.07. The molecule has 154 valence electrons. The fraction of sp³-hybridized carbons (Fsp3) is 0.500. The number of nitrogens with one attached hydrogen (secondary N) is 1. The zero-order valence-corrected chi connectivity index (χ0v) is 16.5. The van der Waals surface area contributed by atoms with Crippen LogP contribution in [0.15, 0.2) is 36.4 Å². The molecule has 1 atom stereocenters. The van der Waals surface area contributed by atoms with Gasteiger partial charge in [0, 0.05) is 17.7 Å². The summed E-state index contributed by atoms with van der Waals surface area (Å²) in [6, 6.07) is 10.0. The zero-order valence-electron chi connectivity index (χ0n) is 16.5. The van der Waals surface area contributed by atoms with E-state index in [1.807, 2.05) is 19.1 Å². The van der Waals surface area contributed by atoms with Crippen LogP contribution in [0.25, 0.3) is 11.3 Å². The lowest BCUT2D eigenvalue weighted by atomic mass is 10.0. The Morgan fingerprint density at radius 3 is 2.32 bits per heavy atom. The summed E-state index contributed by atoms with van der Waals surface area (Å²) >= 11 is 0. The van der Waals surface area contributed by atoms with E-state index >= 15 is 0 Å². The van der Waals surface area contributed by atoms with Crippen LogP contribution in [0, 0.1) is 6.92 Å². The summed E-state index contributed by atoms with van der Waals surface area (Å²) in [5, 5.41) is 13.3. The fourth-order valence-electron chi connectivity index (χ4n) is 3.05. The number of hydrogen-bond donors (Lipinski definition) is 2. The number of hydrogen-bond acceptors (Lipinski definition) is 3. The number of unbranched alkanes of at least 4 members (excludes halogenated alkanes) is 4. The van der Waals surface area contributed by atoms with Gasteiger partial charge in [0.25, 0.3) is 0 Å². The molecular formula is C22H29F3N2O. The number of aliphatic hydroxyl groups is 1. The van der Waals surface area contributed by atoms with Crippen LogP contribution in [0.1, 0.15) is 62.0 Å². The Morgan fingerprint density at radius 1 is 1.00 bits per heavy atom. The molecule has 0 fully saturated rings. The Hall–Kier alpha value is -1.92. The van der Waals surface area contributed by atoms with Crippen LogP contribution >= 0.6 is 0 Å². The van der Waals surface area contributed by atoms with Crippen LogP contribution in [-0.2, 0) is 6.18 Å². The van der Waals surface area contributed by atoms with Crippen molar-refractivity contribution >= 4 is 0 Å². The number of aromatic nitrogens is 1. The first-order valence-electron chi connectivity index (χ1n) is 9.87. The molecule has 0 aliphatic rings. The Morgan fingerprint density at radius 2 is 1.68 bits per heavy atom. The molecule has 0 unspecified atom stereocenters. The molecular weight excluding hydrogens is 365 g/mol. The van der Waals surface area contributed by atoms with Crippen molar-refractivity contribution in [1.29, 1.82) is 0 Å². The molecule has 1 aromatic carbocycles. The summed E-state index contributed by atoms with van der Waals surface area (Å²) in [6.07, 6.45) is -0.345. The topological polar surface area (TPSA) is 45.1 Å². The van der Waals surface area contributed by atoms with Crippen molar-refractivity contribution in [2.75, 3.05) is 13.1 Å². The lowest BCUT2D eigenvalue weighted by Gasteiger charge is -2.18. The molecule has 0 saturated carbocycles. The Kier molecular flexibility index (Phi) is 8.45. The minimum Gasteiger partial charge on any atom is -0.387 e. The van der Waals surface area contributed by atoms with E-state index in [1.165, 1.54) is 18.6 Å². The highest BCUT2D eigenvalue weighted by Crippen LogP contribution is 2.35. The van der Waals surface area contributed by atoms with Crippen molar-refractivity contribution in [3.63, 3.8) is 0 Å². The van der Waals surface area contributed by atoms with Gasteiger partial charge in [0.1, 0.15) is 0 Å². The molecule has 2 aromatic rings. The monoisotopic (exact) mass is 394 g/mol. The number of alkyl halides is 3. The van der Waals surface area contributed by atoms with Gasteiger partial charge in [-0.3, -0.25) is 0 Å². The summed E-state index contributed by atoms with van der Waals surface area (Å²) in [4.78, 5) is 3.83. The van der Waals surface area contributed by atoms with Gasteiger partial charge in [0.05, 0.1) is 11.8 Å². The Labute approximate surface area is 165 Å². The molecule has 0 saturated heterocycles. The predicted octanol–water partition coefficient (Wildman–Crippen LogP) is 5.67. The quantitative estimate of drug-likeness (QED) is 0.511. The number of aryl methyl sites for hydroxylation is 1. The summed E-state index contributed by atoms with van der Waals surface area (Å²) in [5.74, 6) is 0. The fourth-order valence-corrected chi connectivity index (χ4v) is 3.05. The normalized spacial score (nSPS) is 12.9. The first-order chi connectivity index (χ1) is 13.3. The van der Waals surface area contributed by atoms with E-state index in [2.05, 4.69) is 17.2 Å². The standard InChI is InChI=1S/C22H29F3N2O/c1-3-4-5-6-7-14-26-15-20(28)18-12-13-19(27-21(18)22(23,24)25)17-10-8-16(2)9-11-17/h8-13,20,26,28H,3-7,14-15H2,1-2H3/t20-/m1/s1. The third-order valence-electron chi connectivity index (χ3n) is 4.70. The molecule has 2 rings (SSSR count).